The van der Waals surface area contributed by atoms with Gasteiger partial charge in [-0.25, -0.2) is 4.79 Å². The fraction of sp³-hybridized carbons (Fsp3) is 0.529. The van der Waals surface area contributed by atoms with E-state index in [0.29, 0.717) is 24.4 Å². The van der Waals surface area contributed by atoms with Crippen molar-refractivity contribution >= 4 is 28.3 Å². The molecule has 0 aromatic heterocycles. The van der Waals surface area contributed by atoms with Crippen LogP contribution in [0.1, 0.15) is 44.0 Å². The number of aldehydes is 1. The van der Waals surface area contributed by atoms with Crippen LogP contribution in [0.5, 0.6) is 5.75 Å². The van der Waals surface area contributed by atoms with Gasteiger partial charge in [0.05, 0.1) is 4.47 Å². The minimum absolute atomic E-state index is 0.0482. The van der Waals surface area contributed by atoms with Crippen LogP contribution in [0.4, 0.5) is 4.79 Å². The van der Waals surface area contributed by atoms with Gasteiger partial charge in [-0.1, -0.05) is 0 Å². The Morgan fingerprint density at radius 2 is 1.96 bits per heavy atom. The van der Waals surface area contributed by atoms with E-state index in [-0.39, 0.29) is 12.2 Å². The van der Waals surface area contributed by atoms with Crippen LogP contribution >= 0.6 is 15.9 Å². The molecule has 1 heterocycles. The first-order valence-corrected chi connectivity index (χ1v) is 8.47. The molecule has 1 aliphatic heterocycles. The van der Waals surface area contributed by atoms with Crippen molar-refractivity contribution in [1.29, 1.82) is 0 Å². The number of nitrogens with zero attached hydrogens (tertiary/aromatic N) is 1. The summed E-state index contributed by atoms with van der Waals surface area (Å²) in [6, 6.07) is 5.25. The molecule has 0 unspecified atom stereocenters. The standard InChI is InChI=1S/C17H22BrNO4/c1-17(2,3)23-16(21)19-8-6-13(7-9-19)22-15-5-4-12(11-20)10-14(15)18/h4-5,10-11,13H,6-9H2,1-3H3. The number of halogens is 1. The fourth-order valence-electron chi connectivity index (χ4n) is 2.35. The summed E-state index contributed by atoms with van der Waals surface area (Å²) in [6.45, 7) is 6.82. The van der Waals surface area contributed by atoms with Crippen LogP contribution in [-0.2, 0) is 4.74 Å². The molecule has 1 aliphatic rings. The highest BCUT2D eigenvalue weighted by Crippen LogP contribution is 2.28. The van der Waals surface area contributed by atoms with E-state index in [9.17, 15) is 9.59 Å². The first kappa shape index (κ1) is 17.8. The SMILES string of the molecule is CC(C)(C)OC(=O)N1CCC(Oc2ccc(C=O)cc2Br)CC1. The van der Waals surface area contributed by atoms with E-state index in [1.54, 1.807) is 23.1 Å². The number of piperidine rings is 1. The first-order valence-electron chi connectivity index (χ1n) is 7.68. The van der Waals surface area contributed by atoms with Gasteiger partial charge in [-0.3, -0.25) is 4.79 Å². The highest BCUT2D eigenvalue weighted by Gasteiger charge is 2.27. The van der Waals surface area contributed by atoms with Crippen molar-refractivity contribution in [2.45, 2.75) is 45.3 Å². The van der Waals surface area contributed by atoms with Crippen molar-refractivity contribution in [3.63, 3.8) is 0 Å². The summed E-state index contributed by atoms with van der Waals surface area (Å²) < 4.78 is 12.1. The molecule has 0 atom stereocenters. The molecule has 1 saturated heterocycles. The third-order valence-electron chi connectivity index (χ3n) is 3.48. The normalized spacial score (nSPS) is 16.1. The molecule has 0 N–H and O–H groups in total. The summed E-state index contributed by atoms with van der Waals surface area (Å²) in [5.41, 5.74) is 0.124. The largest absolute Gasteiger partial charge is 0.489 e. The zero-order valence-corrected chi connectivity index (χ0v) is 15.3. The highest BCUT2D eigenvalue weighted by molar-refractivity contribution is 9.10. The number of likely N-dealkylation sites (tertiary alicyclic amines) is 1. The second-order valence-electron chi connectivity index (χ2n) is 6.59. The predicted octanol–water partition coefficient (Wildman–Crippen LogP) is 4.04. The van der Waals surface area contributed by atoms with Gasteiger partial charge >= 0.3 is 6.09 Å². The van der Waals surface area contributed by atoms with Gasteiger partial charge in [0.2, 0.25) is 0 Å². The second kappa shape index (κ2) is 7.34. The number of amides is 1. The number of ether oxygens (including phenoxy) is 2. The summed E-state index contributed by atoms with van der Waals surface area (Å²) in [7, 11) is 0. The molecule has 2 rings (SSSR count). The van der Waals surface area contributed by atoms with Crippen molar-refractivity contribution in [2.75, 3.05) is 13.1 Å². The van der Waals surface area contributed by atoms with E-state index in [4.69, 9.17) is 9.47 Å². The Morgan fingerprint density at radius 1 is 1.30 bits per heavy atom. The first-order chi connectivity index (χ1) is 10.8. The third kappa shape index (κ3) is 5.23. The Morgan fingerprint density at radius 3 is 2.48 bits per heavy atom. The van der Waals surface area contributed by atoms with Gasteiger partial charge in [0.15, 0.2) is 0 Å². The third-order valence-corrected chi connectivity index (χ3v) is 4.10. The van der Waals surface area contributed by atoms with E-state index in [0.717, 1.165) is 23.6 Å². The van der Waals surface area contributed by atoms with Gasteiger partial charge in [-0.15, -0.1) is 0 Å². The van der Waals surface area contributed by atoms with Gasteiger partial charge in [0.25, 0.3) is 0 Å². The zero-order valence-electron chi connectivity index (χ0n) is 13.7. The number of hydrogen-bond acceptors (Lipinski definition) is 4. The van der Waals surface area contributed by atoms with E-state index < -0.39 is 5.60 Å². The predicted molar refractivity (Wildman–Crippen MR) is 91.0 cm³/mol. The molecule has 0 bridgehead atoms. The minimum atomic E-state index is -0.477. The molecule has 6 heteroatoms. The van der Waals surface area contributed by atoms with Crippen LogP contribution in [0.25, 0.3) is 0 Å². The van der Waals surface area contributed by atoms with Crippen molar-refractivity contribution in [3.05, 3.63) is 28.2 Å². The van der Waals surface area contributed by atoms with E-state index in [1.807, 2.05) is 20.8 Å². The Balaban J connectivity index is 1.87. The lowest BCUT2D eigenvalue weighted by molar-refractivity contribution is 0.0126. The maximum atomic E-state index is 12.0. The number of rotatable bonds is 3. The van der Waals surface area contributed by atoms with Crippen molar-refractivity contribution in [2.24, 2.45) is 0 Å². The molecule has 5 nitrogen and oxygen atoms in total. The monoisotopic (exact) mass is 383 g/mol. The quantitative estimate of drug-likeness (QED) is 0.739. The van der Waals surface area contributed by atoms with Gasteiger partial charge in [0, 0.05) is 31.5 Å². The smallest absolute Gasteiger partial charge is 0.410 e. The van der Waals surface area contributed by atoms with E-state index in [2.05, 4.69) is 15.9 Å². The summed E-state index contributed by atoms with van der Waals surface area (Å²) in [6.07, 6.45) is 2.08. The zero-order chi connectivity index (χ0) is 17.0. The minimum Gasteiger partial charge on any atom is -0.489 e. The molecule has 23 heavy (non-hydrogen) atoms. The van der Waals surface area contributed by atoms with Crippen molar-refractivity contribution in [3.8, 4) is 5.75 Å². The molecular weight excluding hydrogens is 362 g/mol. The van der Waals surface area contributed by atoms with Crippen LogP contribution in [0.2, 0.25) is 0 Å². The Labute approximate surface area is 145 Å². The van der Waals surface area contributed by atoms with E-state index in [1.165, 1.54) is 0 Å². The molecule has 0 radical (unpaired) electrons. The Hall–Kier alpha value is -1.56. The van der Waals surface area contributed by atoms with Crippen LogP contribution in [0.15, 0.2) is 22.7 Å². The second-order valence-corrected chi connectivity index (χ2v) is 7.45. The summed E-state index contributed by atoms with van der Waals surface area (Å²) in [4.78, 5) is 24.5. The Kier molecular flexibility index (Phi) is 5.68. The highest BCUT2D eigenvalue weighted by atomic mass is 79.9. The topological polar surface area (TPSA) is 55.8 Å². The lowest BCUT2D eigenvalue weighted by atomic mass is 10.1. The molecule has 0 aliphatic carbocycles. The van der Waals surface area contributed by atoms with Gasteiger partial charge < -0.3 is 14.4 Å². The summed E-state index contributed by atoms with van der Waals surface area (Å²) in [5, 5.41) is 0. The lowest BCUT2D eigenvalue weighted by Crippen LogP contribution is -2.44. The molecule has 1 fully saturated rings. The van der Waals surface area contributed by atoms with Crippen LogP contribution < -0.4 is 4.74 Å². The van der Waals surface area contributed by atoms with Gasteiger partial charge in [-0.2, -0.15) is 0 Å². The number of hydrogen-bond donors (Lipinski definition) is 0. The van der Waals surface area contributed by atoms with Crippen molar-refractivity contribution in [1.82, 2.24) is 4.90 Å². The maximum absolute atomic E-state index is 12.0. The van der Waals surface area contributed by atoms with Gasteiger partial charge in [0.1, 0.15) is 23.7 Å². The van der Waals surface area contributed by atoms with Crippen LogP contribution in [-0.4, -0.2) is 42.1 Å². The molecular formula is C17H22BrNO4. The summed E-state index contributed by atoms with van der Waals surface area (Å²) in [5.74, 6) is 0.714. The maximum Gasteiger partial charge on any atom is 0.410 e. The molecule has 1 aromatic rings. The fourth-order valence-corrected chi connectivity index (χ4v) is 2.84. The number of benzene rings is 1. The molecule has 1 amide bonds. The number of carbonyl (C=O) groups excluding carboxylic acids is 2. The summed E-state index contributed by atoms with van der Waals surface area (Å²) >= 11 is 3.41. The van der Waals surface area contributed by atoms with E-state index >= 15 is 0 Å². The average molecular weight is 384 g/mol. The number of carbonyl (C=O) groups is 2. The average Bonchev–Trinajstić information content (AvgIpc) is 2.48. The molecule has 0 spiro atoms. The van der Waals surface area contributed by atoms with Crippen LogP contribution in [0, 0.1) is 0 Å². The van der Waals surface area contributed by atoms with Crippen molar-refractivity contribution < 1.29 is 19.1 Å². The Bertz CT molecular complexity index is 574. The lowest BCUT2D eigenvalue weighted by Gasteiger charge is -2.33. The van der Waals surface area contributed by atoms with Crippen LogP contribution in [0.3, 0.4) is 0 Å². The molecule has 1 aromatic carbocycles. The molecule has 0 saturated carbocycles. The van der Waals surface area contributed by atoms with Gasteiger partial charge in [-0.05, 0) is 54.9 Å². The molecule has 126 valence electrons.